The Morgan fingerprint density at radius 3 is 2.67 bits per heavy atom. The molecule has 3 N–H and O–H groups in total. The number of hydrogen-bond acceptors (Lipinski definition) is 3. The minimum atomic E-state index is -0.369. The van der Waals surface area contributed by atoms with Crippen molar-refractivity contribution >= 4 is 23.4 Å². The normalized spacial score (nSPS) is 15.3. The Labute approximate surface area is 109 Å². The van der Waals surface area contributed by atoms with E-state index in [1.807, 2.05) is 0 Å². The first-order chi connectivity index (χ1) is 8.47. The van der Waals surface area contributed by atoms with Gasteiger partial charge in [-0.3, -0.25) is 9.59 Å². The van der Waals surface area contributed by atoms with E-state index in [1.165, 1.54) is 6.07 Å². The SMILES string of the molecule is NC(=O)C1CN(C(=O)Cc2ccc(O)c(Cl)c2)C1. The molecule has 1 aliphatic heterocycles. The van der Waals surface area contributed by atoms with E-state index in [9.17, 15) is 14.7 Å². The maximum atomic E-state index is 11.8. The first-order valence-electron chi connectivity index (χ1n) is 5.52. The minimum absolute atomic E-state index is 0.00870. The smallest absolute Gasteiger partial charge is 0.227 e. The van der Waals surface area contributed by atoms with Crippen LogP contribution in [0.2, 0.25) is 5.02 Å². The zero-order valence-electron chi connectivity index (χ0n) is 9.60. The molecule has 0 atom stereocenters. The molecule has 0 radical (unpaired) electrons. The second-order valence-corrected chi connectivity index (χ2v) is 4.77. The number of primary amides is 1. The van der Waals surface area contributed by atoms with Crippen molar-refractivity contribution in [2.75, 3.05) is 13.1 Å². The number of phenols is 1. The summed E-state index contributed by atoms with van der Waals surface area (Å²) in [6.07, 6.45) is 0.200. The van der Waals surface area contributed by atoms with Gasteiger partial charge in [-0.05, 0) is 17.7 Å². The van der Waals surface area contributed by atoms with Gasteiger partial charge >= 0.3 is 0 Å². The number of nitrogens with zero attached hydrogens (tertiary/aromatic N) is 1. The van der Waals surface area contributed by atoms with Crippen LogP contribution in [0.25, 0.3) is 0 Å². The molecule has 0 aromatic heterocycles. The van der Waals surface area contributed by atoms with E-state index in [0.29, 0.717) is 13.1 Å². The molecule has 1 heterocycles. The van der Waals surface area contributed by atoms with Gasteiger partial charge in [0.2, 0.25) is 11.8 Å². The summed E-state index contributed by atoms with van der Waals surface area (Å²) >= 11 is 5.75. The van der Waals surface area contributed by atoms with E-state index in [-0.39, 0.29) is 34.9 Å². The largest absolute Gasteiger partial charge is 0.506 e. The van der Waals surface area contributed by atoms with Crippen LogP contribution >= 0.6 is 11.6 Å². The molecule has 1 fully saturated rings. The summed E-state index contributed by atoms with van der Waals surface area (Å²) < 4.78 is 0. The molecule has 96 valence electrons. The maximum Gasteiger partial charge on any atom is 0.227 e. The summed E-state index contributed by atoms with van der Waals surface area (Å²) in [4.78, 5) is 24.2. The number of likely N-dealkylation sites (tertiary alicyclic amines) is 1. The molecule has 0 unspecified atom stereocenters. The van der Waals surface area contributed by atoms with Crippen molar-refractivity contribution in [2.24, 2.45) is 11.7 Å². The molecule has 0 aliphatic carbocycles. The monoisotopic (exact) mass is 268 g/mol. The highest BCUT2D eigenvalue weighted by molar-refractivity contribution is 6.32. The van der Waals surface area contributed by atoms with Crippen LogP contribution in [-0.4, -0.2) is 34.9 Å². The van der Waals surface area contributed by atoms with Crippen LogP contribution in [-0.2, 0) is 16.0 Å². The van der Waals surface area contributed by atoms with Gasteiger partial charge in [-0.2, -0.15) is 0 Å². The lowest BCUT2D eigenvalue weighted by Gasteiger charge is -2.37. The number of hydrogen-bond donors (Lipinski definition) is 2. The molecule has 2 rings (SSSR count). The standard InChI is InChI=1S/C12H13ClN2O3/c13-9-3-7(1-2-10(9)16)4-11(17)15-5-8(6-15)12(14)18/h1-3,8,16H,4-6H2,(H2,14,18). The molecule has 0 spiro atoms. The third-order valence-corrected chi connectivity index (χ3v) is 3.31. The third kappa shape index (κ3) is 2.56. The van der Waals surface area contributed by atoms with Crippen molar-refractivity contribution in [1.82, 2.24) is 4.90 Å². The minimum Gasteiger partial charge on any atom is -0.506 e. The number of phenolic OH excluding ortho intramolecular Hbond substituents is 1. The van der Waals surface area contributed by atoms with Gasteiger partial charge in [0, 0.05) is 13.1 Å². The summed E-state index contributed by atoms with van der Waals surface area (Å²) in [6, 6.07) is 4.65. The number of carbonyl (C=O) groups excluding carboxylic acids is 2. The second-order valence-electron chi connectivity index (χ2n) is 4.36. The molecule has 0 bridgehead atoms. The van der Waals surface area contributed by atoms with Gasteiger partial charge < -0.3 is 15.7 Å². The van der Waals surface area contributed by atoms with Crippen LogP contribution in [0, 0.1) is 5.92 Å². The van der Waals surface area contributed by atoms with Crippen molar-refractivity contribution in [1.29, 1.82) is 0 Å². The first kappa shape index (κ1) is 12.7. The quantitative estimate of drug-likeness (QED) is 0.839. The highest BCUT2D eigenvalue weighted by Crippen LogP contribution is 2.24. The molecule has 5 nitrogen and oxygen atoms in total. The average Bonchev–Trinajstić information content (AvgIpc) is 2.20. The van der Waals surface area contributed by atoms with Crippen molar-refractivity contribution in [2.45, 2.75) is 6.42 Å². The number of nitrogens with two attached hydrogens (primary N) is 1. The van der Waals surface area contributed by atoms with Crippen LogP contribution in [0.5, 0.6) is 5.75 Å². The Bertz CT molecular complexity index is 498. The van der Waals surface area contributed by atoms with Gasteiger partial charge in [0.05, 0.1) is 17.4 Å². The highest BCUT2D eigenvalue weighted by atomic mass is 35.5. The lowest BCUT2D eigenvalue weighted by atomic mass is 9.98. The van der Waals surface area contributed by atoms with E-state index in [4.69, 9.17) is 17.3 Å². The highest BCUT2D eigenvalue weighted by Gasteiger charge is 2.33. The fourth-order valence-electron chi connectivity index (χ4n) is 1.81. The predicted molar refractivity (Wildman–Crippen MR) is 66.1 cm³/mol. The second kappa shape index (κ2) is 4.86. The topological polar surface area (TPSA) is 83.6 Å². The average molecular weight is 269 g/mol. The maximum absolute atomic E-state index is 11.8. The number of amides is 2. The molecule has 2 amide bonds. The van der Waals surface area contributed by atoms with Gasteiger partial charge in [-0.1, -0.05) is 17.7 Å². The molecular weight excluding hydrogens is 256 g/mol. The summed E-state index contributed by atoms with van der Waals surface area (Å²) in [5, 5.41) is 9.48. The zero-order valence-corrected chi connectivity index (χ0v) is 10.4. The molecule has 1 aromatic carbocycles. The fraction of sp³-hybridized carbons (Fsp3) is 0.333. The summed E-state index contributed by atoms with van der Waals surface area (Å²) in [5.41, 5.74) is 5.85. The summed E-state index contributed by atoms with van der Waals surface area (Å²) in [7, 11) is 0. The molecule has 6 heteroatoms. The molecular formula is C12H13ClN2O3. The number of carbonyl (C=O) groups is 2. The van der Waals surface area contributed by atoms with E-state index < -0.39 is 0 Å². The Morgan fingerprint density at radius 1 is 1.44 bits per heavy atom. The fourth-order valence-corrected chi connectivity index (χ4v) is 2.01. The van der Waals surface area contributed by atoms with Gasteiger partial charge in [0.1, 0.15) is 5.75 Å². The lowest BCUT2D eigenvalue weighted by Crippen LogP contribution is -2.55. The zero-order chi connectivity index (χ0) is 13.3. The molecule has 18 heavy (non-hydrogen) atoms. The van der Waals surface area contributed by atoms with E-state index in [1.54, 1.807) is 17.0 Å². The van der Waals surface area contributed by atoms with Crippen molar-refractivity contribution in [3.05, 3.63) is 28.8 Å². The van der Waals surface area contributed by atoms with Crippen LogP contribution in [0.3, 0.4) is 0 Å². The summed E-state index contributed by atoms with van der Waals surface area (Å²) in [6.45, 7) is 0.778. The lowest BCUT2D eigenvalue weighted by molar-refractivity contribution is -0.141. The summed E-state index contributed by atoms with van der Waals surface area (Å²) in [5.74, 6) is -0.677. The van der Waals surface area contributed by atoms with Crippen LogP contribution < -0.4 is 5.73 Å². The van der Waals surface area contributed by atoms with Crippen molar-refractivity contribution in [3.63, 3.8) is 0 Å². The van der Waals surface area contributed by atoms with Crippen LogP contribution in [0.4, 0.5) is 0 Å². The predicted octanol–water partition coefficient (Wildman–Crippen LogP) is 0.532. The first-order valence-corrected chi connectivity index (χ1v) is 5.89. The number of halogens is 1. The van der Waals surface area contributed by atoms with E-state index in [2.05, 4.69) is 0 Å². The third-order valence-electron chi connectivity index (χ3n) is 3.00. The Balaban J connectivity index is 1.92. The molecule has 1 aromatic rings. The van der Waals surface area contributed by atoms with E-state index >= 15 is 0 Å². The number of aromatic hydroxyl groups is 1. The Kier molecular flexibility index (Phi) is 3.43. The van der Waals surface area contributed by atoms with E-state index in [0.717, 1.165) is 5.56 Å². The van der Waals surface area contributed by atoms with Crippen molar-refractivity contribution < 1.29 is 14.7 Å². The molecule has 1 aliphatic rings. The van der Waals surface area contributed by atoms with Gasteiger partial charge in [0.15, 0.2) is 0 Å². The van der Waals surface area contributed by atoms with Gasteiger partial charge in [-0.25, -0.2) is 0 Å². The molecule has 1 saturated heterocycles. The van der Waals surface area contributed by atoms with Crippen LogP contribution in [0.15, 0.2) is 18.2 Å². The van der Waals surface area contributed by atoms with Gasteiger partial charge in [0.25, 0.3) is 0 Å². The number of rotatable bonds is 3. The van der Waals surface area contributed by atoms with Gasteiger partial charge in [-0.15, -0.1) is 0 Å². The van der Waals surface area contributed by atoms with Crippen molar-refractivity contribution in [3.8, 4) is 5.75 Å². The van der Waals surface area contributed by atoms with Crippen LogP contribution in [0.1, 0.15) is 5.56 Å². The molecule has 0 saturated carbocycles. The number of benzene rings is 1. The Hall–Kier alpha value is -1.75. The Morgan fingerprint density at radius 2 is 2.11 bits per heavy atom.